The van der Waals surface area contributed by atoms with Gasteiger partial charge in [-0.2, -0.15) is 0 Å². The number of likely N-dealkylation sites (N-methyl/N-ethyl adjacent to an activating group) is 1. The third-order valence-electron chi connectivity index (χ3n) is 4.56. The number of aliphatic hydroxyl groups excluding tert-OH is 1. The number of halogens is 1. The lowest BCUT2D eigenvalue weighted by atomic mass is 9.95. The zero-order chi connectivity index (χ0) is 19.6. The van der Waals surface area contributed by atoms with Gasteiger partial charge < -0.3 is 14.9 Å². The zero-order valence-corrected chi connectivity index (χ0v) is 15.2. The fraction of sp³-hybridized carbons (Fsp3) is 0.238. The van der Waals surface area contributed by atoms with Crippen molar-refractivity contribution in [1.82, 2.24) is 9.80 Å². The first-order valence-corrected chi connectivity index (χ1v) is 8.64. The number of Topliss-reactive ketones (excluding diaryl/α,β-unsaturated/α-hetero) is 1. The van der Waals surface area contributed by atoms with Gasteiger partial charge in [-0.15, -0.1) is 0 Å². The maximum absolute atomic E-state index is 13.4. The SMILES string of the molecule is CN(C)CCN1C(=O)C(=O)/C(=C(/O)c2ccccc2)C1c1ccc(F)cc1. The molecular formula is C21H21FN2O3. The molecule has 0 aliphatic carbocycles. The Kier molecular flexibility index (Phi) is 5.37. The number of nitrogens with zero attached hydrogens (tertiary/aromatic N) is 2. The highest BCUT2D eigenvalue weighted by atomic mass is 19.1. The van der Waals surface area contributed by atoms with Gasteiger partial charge in [-0.1, -0.05) is 42.5 Å². The lowest BCUT2D eigenvalue weighted by Gasteiger charge is -2.26. The molecule has 1 amide bonds. The van der Waals surface area contributed by atoms with Crippen LogP contribution in [0.2, 0.25) is 0 Å². The number of hydrogen-bond acceptors (Lipinski definition) is 4. The summed E-state index contributed by atoms with van der Waals surface area (Å²) in [6, 6.07) is 13.5. The van der Waals surface area contributed by atoms with E-state index in [1.165, 1.54) is 29.2 Å². The summed E-state index contributed by atoms with van der Waals surface area (Å²) in [5, 5.41) is 10.8. The van der Waals surface area contributed by atoms with E-state index >= 15 is 0 Å². The summed E-state index contributed by atoms with van der Waals surface area (Å²) >= 11 is 0. The predicted molar refractivity (Wildman–Crippen MR) is 100 cm³/mol. The van der Waals surface area contributed by atoms with Gasteiger partial charge in [0.1, 0.15) is 11.6 Å². The minimum Gasteiger partial charge on any atom is -0.507 e. The highest BCUT2D eigenvalue weighted by Gasteiger charge is 2.45. The number of ketones is 1. The molecule has 1 heterocycles. The second-order valence-corrected chi connectivity index (χ2v) is 6.71. The summed E-state index contributed by atoms with van der Waals surface area (Å²) in [4.78, 5) is 28.7. The first-order chi connectivity index (χ1) is 12.9. The van der Waals surface area contributed by atoms with Crippen molar-refractivity contribution >= 4 is 17.4 Å². The lowest BCUT2D eigenvalue weighted by Crippen LogP contribution is -2.35. The molecular weight excluding hydrogens is 347 g/mol. The van der Waals surface area contributed by atoms with Crippen molar-refractivity contribution in [3.05, 3.63) is 77.1 Å². The van der Waals surface area contributed by atoms with Crippen LogP contribution in [0.1, 0.15) is 17.2 Å². The summed E-state index contributed by atoms with van der Waals surface area (Å²) in [7, 11) is 3.74. The summed E-state index contributed by atoms with van der Waals surface area (Å²) in [5.74, 6) is -2.03. The fourth-order valence-electron chi connectivity index (χ4n) is 3.16. The van der Waals surface area contributed by atoms with Crippen LogP contribution in [0.3, 0.4) is 0 Å². The molecule has 140 valence electrons. The Balaban J connectivity index is 2.13. The molecule has 1 aliphatic rings. The van der Waals surface area contributed by atoms with Crippen LogP contribution in [0.5, 0.6) is 0 Å². The number of rotatable bonds is 5. The van der Waals surface area contributed by atoms with E-state index in [-0.39, 0.29) is 11.3 Å². The Morgan fingerprint density at radius 1 is 1.07 bits per heavy atom. The number of likely N-dealkylation sites (tertiary alicyclic amines) is 1. The van der Waals surface area contributed by atoms with Gasteiger partial charge in [-0.05, 0) is 31.8 Å². The molecule has 1 fully saturated rings. The van der Waals surface area contributed by atoms with Crippen LogP contribution in [0.25, 0.3) is 5.76 Å². The Bertz CT molecular complexity index is 876. The number of carbonyl (C=O) groups is 2. The Labute approximate surface area is 157 Å². The van der Waals surface area contributed by atoms with Gasteiger partial charge in [0.05, 0.1) is 11.6 Å². The topological polar surface area (TPSA) is 60.9 Å². The zero-order valence-electron chi connectivity index (χ0n) is 15.2. The smallest absolute Gasteiger partial charge is 0.295 e. The lowest BCUT2D eigenvalue weighted by molar-refractivity contribution is -0.140. The molecule has 5 nitrogen and oxygen atoms in total. The molecule has 0 aromatic heterocycles. The van der Waals surface area contributed by atoms with Crippen molar-refractivity contribution < 1.29 is 19.1 Å². The van der Waals surface area contributed by atoms with E-state index in [0.29, 0.717) is 24.2 Å². The largest absolute Gasteiger partial charge is 0.507 e. The number of carbonyl (C=O) groups excluding carboxylic acids is 2. The minimum absolute atomic E-state index is 0.0246. The van der Waals surface area contributed by atoms with Crippen molar-refractivity contribution in [3.8, 4) is 0 Å². The first-order valence-electron chi connectivity index (χ1n) is 8.64. The van der Waals surface area contributed by atoms with E-state index < -0.39 is 23.5 Å². The monoisotopic (exact) mass is 368 g/mol. The molecule has 1 aliphatic heterocycles. The molecule has 1 saturated heterocycles. The number of hydrogen-bond donors (Lipinski definition) is 1. The third kappa shape index (κ3) is 3.75. The minimum atomic E-state index is -0.759. The quantitative estimate of drug-likeness (QED) is 0.501. The van der Waals surface area contributed by atoms with Crippen molar-refractivity contribution in [2.24, 2.45) is 0 Å². The van der Waals surface area contributed by atoms with Crippen molar-refractivity contribution in [3.63, 3.8) is 0 Å². The fourth-order valence-corrected chi connectivity index (χ4v) is 3.16. The van der Waals surface area contributed by atoms with Gasteiger partial charge in [-0.3, -0.25) is 9.59 Å². The van der Waals surface area contributed by atoms with Crippen LogP contribution in [-0.4, -0.2) is 53.8 Å². The van der Waals surface area contributed by atoms with Gasteiger partial charge in [-0.25, -0.2) is 4.39 Å². The third-order valence-corrected chi connectivity index (χ3v) is 4.56. The summed E-state index contributed by atoms with van der Waals surface area (Å²) in [6.45, 7) is 0.862. The molecule has 2 aromatic rings. The van der Waals surface area contributed by atoms with Gasteiger partial charge in [0.25, 0.3) is 11.7 Å². The van der Waals surface area contributed by atoms with E-state index in [2.05, 4.69) is 0 Å². The number of aliphatic hydroxyl groups is 1. The Morgan fingerprint density at radius 2 is 1.70 bits per heavy atom. The molecule has 27 heavy (non-hydrogen) atoms. The average Bonchev–Trinajstić information content (AvgIpc) is 2.91. The summed E-state index contributed by atoms with van der Waals surface area (Å²) < 4.78 is 13.4. The van der Waals surface area contributed by atoms with Crippen LogP contribution in [0.4, 0.5) is 4.39 Å². The molecule has 0 radical (unpaired) electrons. The molecule has 6 heteroatoms. The molecule has 3 rings (SSSR count). The van der Waals surface area contributed by atoms with Crippen molar-refractivity contribution in [2.75, 3.05) is 27.2 Å². The van der Waals surface area contributed by atoms with Crippen LogP contribution in [0.15, 0.2) is 60.2 Å². The van der Waals surface area contributed by atoms with Crippen LogP contribution in [0, 0.1) is 5.82 Å². The molecule has 1 N–H and O–H groups in total. The average molecular weight is 368 g/mol. The van der Waals surface area contributed by atoms with E-state index in [1.807, 2.05) is 19.0 Å². The van der Waals surface area contributed by atoms with E-state index in [1.54, 1.807) is 30.3 Å². The van der Waals surface area contributed by atoms with Crippen molar-refractivity contribution in [2.45, 2.75) is 6.04 Å². The predicted octanol–water partition coefficient (Wildman–Crippen LogP) is 2.81. The van der Waals surface area contributed by atoms with E-state index in [9.17, 15) is 19.1 Å². The molecule has 2 aromatic carbocycles. The molecule has 1 unspecified atom stereocenters. The van der Waals surface area contributed by atoms with Crippen LogP contribution >= 0.6 is 0 Å². The van der Waals surface area contributed by atoms with Crippen molar-refractivity contribution in [1.29, 1.82) is 0 Å². The summed E-state index contributed by atoms with van der Waals surface area (Å²) in [5.41, 5.74) is 1.05. The van der Waals surface area contributed by atoms with Gasteiger partial charge in [0, 0.05) is 18.7 Å². The van der Waals surface area contributed by atoms with E-state index in [0.717, 1.165) is 0 Å². The second-order valence-electron chi connectivity index (χ2n) is 6.71. The summed E-state index contributed by atoms with van der Waals surface area (Å²) in [6.07, 6.45) is 0. The van der Waals surface area contributed by atoms with Gasteiger partial charge in [0.15, 0.2) is 0 Å². The number of amides is 1. The molecule has 0 bridgehead atoms. The highest BCUT2D eigenvalue weighted by molar-refractivity contribution is 6.46. The maximum Gasteiger partial charge on any atom is 0.295 e. The number of benzene rings is 2. The second kappa shape index (κ2) is 7.72. The molecule has 1 atom stereocenters. The van der Waals surface area contributed by atoms with E-state index in [4.69, 9.17) is 0 Å². The van der Waals surface area contributed by atoms with Gasteiger partial charge in [0.2, 0.25) is 0 Å². The molecule has 0 saturated carbocycles. The normalized spacial score (nSPS) is 19.1. The Morgan fingerprint density at radius 3 is 2.30 bits per heavy atom. The van der Waals surface area contributed by atoms with Gasteiger partial charge >= 0.3 is 0 Å². The standard InChI is InChI=1S/C21H21FN2O3/c1-23(2)12-13-24-18(14-8-10-16(22)11-9-14)17(20(26)21(24)27)19(25)15-6-4-3-5-7-15/h3-11,18,25H,12-13H2,1-2H3/b19-17+. The van der Waals surface area contributed by atoms with Crippen LogP contribution < -0.4 is 0 Å². The van der Waals surface area contributed by atoms with Crippen LogP contribution in [-0.2, 0) is 9.59 Å². The Hall–Kier alpha value is -2.99. The highest BCUT2D eigenvalue weighted by Crippen LogP contribution is 2.39. The first kappa shape index (κ1) is 18.8. The maximum atomic E-state index is 13.4. The molecule has 0 spiro atoms.